The third-order valence-corrected chi connectivity index (χ3v) is 5.10. The predicted molar refractivity (Wildman–Crippen MR) is 130 cm³/mol. The minimum absolute atomic E-state index is 0. The summed E-state index contributed by atoms with van der Waals surface area (Å²) in [6.45, 7) is 3.33. The molecule has 0 bridgehead atoms. The van der Waals surface area contributed by atoms with Crippen LogP contribution in [0.25, 0.3) is 0 Å². The second-order valence-electron chi connectivity index (χ2n) is 7.47. The zero-order chi connectivity index (χ0) is 22.9. The average molecular weight is 571 g/mol. The zero-order valence-corrected chi connectivity index (χ0v) is 21.1. The number of hydrogen-bond donors (Lipinski definition) is 2. The monoisotopic (exact) mass is 571 g/mol. The molecular weight excluding hydrogens is 538 g/mol. The molecule has 1 aromatic carbocycles. The number of halogens is 4. The standard InChI is InChI=1S/C21H32F3N5O2.HI/c1-4-25-20(27-14-19(30)28(2)15-21(22,23)24)26-13-18(29-11-5-6-12-29)16-7-9-17(31-3)10-8-16;/h7-10,18H,4-6,11-15H2,1-3H3,(H2,25,26,27);1H. The van der Waals surface area contributed by atoms with Crippen molar-refractivity contribution in [3.8, 4) is 5.75 Å². The van der Waals surface area contributed by atoms with Gasteiger partial charge in [0.1, 0.15) is 18.8 Å². The molecular formula is C21H33F3IN5O2. The molecule has 1 amide bonds. The first-order valence-corrected chi connectivity index (χ1v) is 10.4. The van der Waals surface area contributed by atoms with Gasteiger partial charge in [-0.25, -0.2) is 4.99 Å². The summed E-state index contributed by atoms with van der Waals surface area (Å²) in [5, 5.41) is 6.29. The summed E-state index contributed by atoms with van der Waals surface area (Å²) in [4.78, 5) is 19.2. The number of methoxy groups -OCH3 is 1. The lowest BCUT2D eigenvalue weighted by molar-refractivity contribution is -0.157. The third kappa shape index (κ3) is 9.39. The molecule has 0 saturated carbocycles. The van der Waals surface area contributed by atoms with Crippen LogP contribution >= 0.6 is 24.0 Å². The molecule has 11 heteroatoms. The first-order chi connectivity index (χ1) is 14.7. The first-order valence-electron chi connectivity index (χ1n) is 10.4. The van der Waals surface area contributed by atoms with Gasteiger partial charge in [0.05, 0.1) is 13.2 Å². The number of likely N-dealkylation sites (tertiary alicyclic amines) is 1. The Labute approximate surface area is 204 Å². The van der Waals surface area contributed by atoms with E-state index in [1.807, 2.05) is 31.2 Å². The van der Waals surface area contributed by atoms with Crippen molar-refractivity contribution >= 4 is 35.8 Å². The number of alkyl halides is 3. The normalized spacial score (nSPS) is 15.6. The largest absolute Gasteiger partial charge is 0.497 e. The molecule has 0 spiro atoms. The maximum Gasteiger partial charge on any atom is 0.406 e. The van der Waals surface area contributed by atoms with Crippen molar-refractivity contribution in [3.63, 3.8) is 0 Å². The molecule has 0 radical (unpaired) electrons. The Balaban J connectivity index is 0.00000512. The Hall–Kier alpha value is -1.76. The number of nitrogens with zero attached hydrogens (tertiary/aromatic N) is 3. The van der Waals surface area contributed by atoms with Crippen molar-refractivity contribution in [2.75, 3.05) is 53.4 Å². The molecule has 0 aromatic heterocycles. The molecule has 0 aliphatic carbocycles. The summed E-state index contributed by atoms with van der Waals surface area (Å²) >= 11 is 0. The Morgan fingerprint density at radius 3 is 2.38 bits per heavy atom. The highest BCUT2D eigenvalue weighted by Gasteiger charge is 2.31. The molecule has 182 valence electrons. The second kappa shape index (κ2) is 13.7. The number of likely N-dealkylation sites (N-methyl/N-ethyl adjacent to an activating group) is 1. The van der Waals surface area contributed by atoms with E-state index in [2.05, 4.69) is 20.5 Å². The third-order valence-electron chi connectivity index (χ3n) is 5.10. The molecule has 2 N–H and O–H groups in total. The van der Waals surface area contributed by atoms with Crippen molar-refractivity contribution in [1.82, 2.24) is 20.4 Å². The van der Waals surface area contributed by atoms with Crippen LogP contribution in [0.5, 0.6) is 5.75 Å². The smallest absolute Gasteiger partial charge is 0.406 e. The van der Waals surface area contributed by atoms with E-state index in [0.29, 0.717) is 23.9 Å². The number of hydrogen-bond acceptors (Lipinski definition) is 4. The molecule has 1 aliphatic rings. The molecule has 7 nitrogen and oxygen atoms in total. The fourth-order valence-corrected chi connectivity index (χ4v) is 3.50. The summed E-state index contributed by atoms with van der Waals surface area (Å²) in [6, 6.07) is 8.01. The van der Waals surface area contributed by atoms with Crippen molar-refractivity contribution < 1.29 is 22.7 Å². The molecule has 1 unspecified atom stereocenters. The summed E-state index contributed by atoms with van der Waals surface area (Å²) in [6.07, 6.45) is -2.15. The highest BCUT2D eigenvalue weighted by Crippen LogP contribution is 2.26. The van der Waals surface area contributed by atoms with E-state index in [1.165, 1.54) is 0 Å². The van der Waals surface area contributed by atoms with Crippen LogP contribution in [0.4, 0.5) is 13.2 Å². The number of guanidine groups is 1. The van der Waals surface area contributed by atoms with Crippen LogP contribution in [0.15, 0.2) is 29.3 Å². The zero-order valence-electron chi connectivity index (χ0n) is 18.7. The maximum atomic E-state index is 12.5. The van der Waals surface area contributed by atoms with Crippen LogP contribution in [-0.4, -0.2) is 81.3 Å². The summed E-state index contributed by atoms with van der Waals surface area (Å²) in [5.41, 5.74) is 1.13. The van der Waals surface area contributed by atoms with Gasteiger partial charge < -0.3 is 20.3 Å². The van der Waals surface area contributed by atoms with Crippen LogP contribution in [-0.2, 0) is 4.79 Å². The van der Waals surface area contributed by atoms with Gasteiger partial charge in [-0.05, 0) is 50.6 Å². The average Bonchev–Trinajstić information content (AvgIpc) is 3.25. The lowest BCUT2D eigenvalue weighted by atomic mass is 10.1. The molecule has 1 aromatic rings. The van der Waals surface area contributed by atoms with Gasteiger partial charge in [0.15, 0.2) is 5.96 Å². The fraction of sp³-hybridized carbons (Fsp3) is 0.619. The number of carbonyl (C=O) groups excluding carboxylic acids is 1. The van der Waals surface area contributed by atoms with E-state index in [-0.39, 0.29) is 36.6 Å². The SMILES string of the molecule is CCNC(=NCC(=O)N(C)CC(F)(F)F)NCC(c1ccc(OC)cc1)N1CCCC1.I. The topological polar surface area (TPSA) is 69.2 Å². The van der Waals surface area contributed by atoms with Gasteiger partial charge in [-0.3, -0.25) is 9.69 Å². The summed E-state index contributed by atoms with van der Waals surface area (Å²) in [7, 11) is 2.75. The molecule has 1 heterocycles. The Morgan fingerprint density at radius 2 is 1.84 bits per heavy atom. The van der Waals surface area contributed by atoms with Crippen molar-refractivity contribution in [3.05, 3.63) is 29.8 Å². The number of carbonyl (C=O) groups is 1. The van der Waals surface area contributed by atoms with Gasteiger partial charge in [-0.1, -0.05) is 12.1 Å². The molecule has 1 atom stereocenters. The Kier molecular flexibility index (Phi) is 12.1. The van der Waals surface area contributed by atoms with Gasteiger partial charge in [-0.2, -0.15) is 13.2 Å². The molecule has 32 heavy (non-hydrogen) atoms. The molecule has 1 saturated heterocycles. The van der Waals surface area contributed by atoms with E-state index in [0.717, 1.165) is 44.3 Å². The van der Waals surface area contributed by atoms with Gasteiger partial charge in [-0.15, -0.1) is 24.0 Å². The summed E-state index contributed by atoms with van der Waals surface area (Å²) in [5.74, 6) is 0.489. The molecule has 2 rings (SSSR count). The van der Waals surface area contributed by atoms with Gasteiger partial charge in [0, 0.05) is 20.1 Å². The highest BCUT2D eigenvalue weighted by atomic mass is 127. The maximum absolute atomic E-state index is 12.5. The number of ether oxygens (including phenoxy) is 1. The Bertz CT molecular complexity index is 725. The number of rotatable bonds is 9. The first kappa shape index (κ1) is 28.3. The number of benzene rings is 1. The van der Waals surface area contributed by atoms with Crippen LogP contribution in [0.1, 0.15) is 31.4 Å². The highest BCUT2D eigenvalue weighted by molar-refractivity contribution is 14.0. The van der Waals surface area contributed by atoms with Crippen LogP contribution in [0.2, 0.25) is 0 Å². The van der Waals surface area contributed by atoms with Crippen molar-refractivity contribution in [2.24, 2.45) is 4.99 Å². The number of amides is 1. The van der Waals surface area contributed by atoms with E-state index >= 15 is 0 Å². The van der Waals surface area contributed by atoms with E-state index < -0.39 is 18.6 Å². The summed E-state index contributed by atoms with van der Waals surface area (Å²) < 4.78 is 42.7. The lowest BCUT2D eigenvalue weighted by Crippen LogP contribution is -2.43. The second-order valence-corrected chi connectivity index (χ2v) is 7.47. The lowest BCUT2D eigenvalue weighted by Gasteiger charge is -2.29. The minimum Gasteiger partial charge on any atom is -0.497 e. The van der Waals surface area contributed by atoms with Crippen LogP contribution in [0, 0.1) is 0 Å². The van der Waals surface area contributed by atoms with Crippen molar-refractivity contribution in [2.45, 2.75) is 32.0 Å². The van der Waals surface area contributed by atoms with Gasteiger partial charge in [0.25, 0.3) is 0 Å². The molecule has 1 fully saturated rings. The number of aliphatic imine (C=N–C) groups is 1. The van der Waals surface area contributed by atoms with Crippen molar-refractivity contribution in [1.29, 1.82) is 0 Å². The quantitative estimate of drug-likeness (QED) is 0.271. The van der Waals surface area contributed by atoms with Gasteiger partial charge in [0.2, 0.25) is 5.91 Å². The van der Waals surface area contributed by atoms with Gasteiger partial charge >= 0.3 is 6.18 Å². The van der Waals surface area contributed by atoms with Crippen LogP contribution < -0.4 is 15.4 Å². The van der Waals surface area contributed by atoms with E-state index in [1.54, 1.807) is 7.11 Å². The molecule has 1 aliphatic heterocycles. The van der Waals surface area contributed by atoms with E-state index in [4.69, 9.17) is 4.74 Å². The minimum atomic E-state index is -4.43. The van der Waals surface area contributed by atoms with Crippen LogP contribution in [0.3, 0.4) is 0 Å². The predicted octanol–water partition coefficient (Wildman–Crippen LogP) is 3.03. The fourth-order valence-electron chi connectivity index (χ4n) is 3.50. The number of nitrogens with one attached hydrogen (secondary N) is 2. The Morgan fingerprint density at radius 1 is 1.22 bits per heavy atom. The van der Waals surface area contributed by atoms with E-state index in [9.17, 15) is 18.0 Å².